The Bertz CT molecular complexity index is 945. The van der Waals surface area contributed by atoms with Crippen LogP contribution in [0, 0.1) is 19.8 Å². The lowest BCUT2D eigenvalue weighted by molar-refractivity contribution is -0.120. The van der Waals surface area contributed by atoms with E-state index in [1.165, 1.54) is 23.3 Å². The first-order chi connectivity index (χ1) is 13.6. The van der Waals surface area contributed by atoms with E-state index in [0.29, 0.717) is 12.3 Å². The first-order valence-corrected chi connectivity index (χ1v) is 11.0. The van der Waals surface area contributed by atoms with Gasteiger partial charge in [0.25, 0.3) is 0 Å². The summed E-state index contributed by atoms with van der Waals surface area (Å²) in [6.45, 7) is 8.15. The SMILES string of the molecule is Cc1ccc2c(CC(=O)NCC3CCCN(Cc4cccs4)C3)coc2c1C. The van der Waals surface area contributed by atoms with Gasteiger partial charge in [0, 0.05) is 35.5 Å². The molecule has 3 aromatic rings. The predicted octanol–water partition coefficient (Wildman–Crippen LogP) is 4.68. The number of amides is 1. The molecule has 1 aliphatic rings. The standard InChI is InChI=1S/C23H28N2O2S/c1-16-7-8-21-19(15-27-23(21)17(16)2)11-22(26)24-12-18-5-3-9-25(13-18)14-20-6-4-10-28-20/h4,6-8,10,15,18H,3,5,9,11-14H2,1-2H3,(H,24,26). The van der Waals surface area contributed by atoms with Gasteiger partial charge < -0.3 is 9.73 Å². The summed E-state index contributed by atoms with van der Waals surface area (Å²) in [6, 6.07) is 8.48. The molecule has 28 heavy (non-hydrogen) atoms. The van der Waals surface area contributed by atoms with E-state index in [2.05, 4.69) is 53.7 Å². The van der Waals surface area contributed by atoms with Gasteiger partial charge in [0.2, 0.25) is 5.91 Å². The van der Waals surface area contributed by atoms with Crippen LogP contribution in [0.2, 0.25) is 0 Å². The van der Waals surface area contributed by atoms with Crippen LogP contribution >= 0.6 is 11.3 Å². The Balaban J connectivity index is 1.30. The highest BCUT2D eigenvalue weighted by atomic mass is 32.1. The van der Waals surface area contributed by atoms with Crippen molar-refractivity contribution in [1.82, 2.24) is 10.2 Å². The minimum atomic E-state index is 0.0799. The maximum atomic E-state index is 12.5. The summed E-state index contributed by atoms with van der Waals surface area (Å²) < 4.78 is 5.73. The number of piperidine rings is 1. The molecule has 0 bridgehead atoms. The quantitative estimate of drug-likeness (QED) is 0.658. The van der Waals surface area contributed by atoms with Crippen molar-refractivity contribution in [2.75, 3.05) is 19.6 Å². The lowest BCUT2D eigenvalue weighted by atomic mass is 9.97. The first kappa shape index (κ1) is 19.2. The van der Waals surface area contributed by atoms with Gasteiger partial charge in [-0.05, 0) is 61.7 Å². The van der Waals surface area contributed by atoms with Gasteiger partial charge in [0.15, 0.2) is 0 Å². The van der Waals surface area contributed by atoms with E-state index in [1.807, 2.05) is 11.3 Å². The lowest BCUT2D eigenvalue weighted by Crippen LogP contribution is -2.40. The number of aryl methyl sites for hydroxylation is 2. The number of hydrogen-bond acceptors (Lipinski definition) is 4. The molecule has 0 radical (unpaired) electrons. The maximum Gasteiger partial charge on any atom is 0.224 e. The zero-order chi connectivity index (χ0) is 19.5. The van der Waals surface area contributed by atoms with Crippen LogP contribution < -0.4 is 5.32 Å². The van der Waals surface area contributed by atoms with E-state index in [-0.39, 0.29) is 5.91 Å². The third-order valence-corrected chi connectivity index (χ3v) is 6.70. The van der Waals surface area contributed by atoms with Crippen molar-refractivity contribution in [1.29, 1.82) is 0 Å². The van der Waals surface area contributed by atoms with Crippen LogP contribution in [-0.4, -0.2) is 30.4 Å². The molecule has 1 amide bonds. The minimum Gasteiger partial charge on any atom is -0.464 e. The Morgan fingerprint density at radius 2 is 2.21 bits per heavy atom. The van der Waals surface area contributed by atoms with E-state index in [9.17, 15) is 4.79 Å². The summed E-state index contributed by atoms with van der Waals surface area (Å²) in [5, 5.41) is 6.35. The first-order valence-electron chi connectivity index (χ1n) is 10.1. The second kappa shape index (κ2) is 8.50. The highest BCUT2D eigenvalue weighted by molar-refractivity contribution is 7.09. The number of benzene rings is 1. The van der Waals surface area contributed by atoms with E-state index in [0.717, 1.165) is 48.3 Å². The van der Waals surface area contributed by atoms with Gasteiger partial charge in [-0.15, -0.1) is 11.3 Å². The molecule has 2 aromatic heterocycles. The largest absolute Gasteiger partial charge is 0.464 e. The van der Waals surface area contributed by atoms with E-state index in [1.54, 1.807) is 6.26 Å². The van der Waals surface area contributed by atoms with Crippen molar-refractivity contribution in [3.63, 3.8) is 0 Å². The summed E-state index contributed by atoms with van der Waals surface area (Å²) in [6.07, 6.45) is 4.51. The van der Waals surface area contributed by atoms with Gasteiger partial charge in [-0.2, -0.15) is 0 Å². The molecule has 5 heteroatoms. The third-order valence-electron chi connectivity index (χ3n) is 5.84. The number of carbonyl (C=O) groups is 1. The van der Waals surface area contributed by atoms with Crippen LogP contribution in [0.3, 0.4) is 0 Å². The molecule has 4 nitrogen and oxygen atoms in total. The number of rotatable bonds is 6. The number of furan rings is 1. The molecule has 1 aromatic carbocycles. The highest BCUT2D eigenvalue weighted by Gasteiger charge is 2.21. The number of fused-ring (bicyclic) bond motifs is 1. The number of nitrogens with zero attached hydrogens (tertiary/aromatic N) is 1. The van der Waals surface area contributed by atoms with Crippen LogP contribution in [0.25, 0.3) is 11.0 Å². The van der Waals surface area contributed by atoms with Gasteiger partial charge in [0.1, 0.15) is 5.58 Å². The van der Waals surface area contributed by atoms with Crippen LogP contribution in [0.15, 0.2) is 40.3 Å². The van der Waals surface area contributed by atoms with Crippen molar-refractivity contribution in [2.24, 2.45) is 5.92 Å². The summed E-state index contributed by atoms with van der Waals surface area (Å²) in [5.41, 5.74) is 4.23. The number of nitrogens with one attached hydrogen (secondary N) is 1. The maximum absolute atomic E-state index is 12.5. The topological polar surface area (TPSA) is 45.5 Å². The van der Waals surface area contributed by atoms with E-state index < -0.39 is 0 Å². The molecule has 0 spiro atoms. The Morgan fingerprint density at radius 1 is 1.32 bits per heavy atom. The third kappa shape index (κ3) is 4.31. The fourth-order valence-electron chi connectivity index (χ4n) is 4.10. The van der Waals surface area contributed by atoms with Crippen molar-refractivity contribution in [3.05, 3.63) is 57.5 Å². The molecular formula is C23H28N2O2S. The summed E-state index contributed by atoms with van der Waals surface area (Å²) >= 11 is 1.82. The zero-order valence-corrected chi connectivity index (χ0v) is 17.5. The van der Waals surface area contributed by atoms with E-state index >= 15 is 0 Å². The molecule has 0 saturated carbocycles. The van der Waals surface area contributed by atoms with Gasteiger partial charge >= 0.3 is 0 Å². The molecule has 1 saturated heterocycles. The second-order valence-electron chi connectivity index (χ2n) is 7.95. The lowest BCUT2D eigenvalue weighted by Gasteiger charge is -2.32. The number of likely N-dealkylation sites (tertiary alicyclic amines) is 1. The average molecular weight is 397 g/mol. The molecule has 4 rings (SSSR count). The molecular weight excluding hydrogens is 368 g/mol. The smallest absolute Gasteiger partial charge is 0.224 e. The van der Waals surface area contributed by atoms with Crippen LogP contribution in [0.1, 0.15) is 34.4 Å². The van der Waals surface area contributed by atoms with Crippen LogP contribution in [0.5, 0.6) is 0 Å². The normalized spacial score (nSPS) is 17.9. The second-order valence-corrected chi connectivity index (χ2v) is 8.98. The monoisotopic (exact) mass is 396 g/mol. The summed E-state index contributed by atoms with van der Waals surface area (Å²) in [4.78, 5) is 16.5. The minimum absolute atomic E-state index is 0.0799. The fraction of sp³-hybridized carbons (Fsp3) is 0.435. The van der Waals surface area contributed by atoms with Crippen LogP contribution in [0.4, 0.5) is 0 Å². The van der Waals surface area contributed by atoms with Gasteiger partial charge in [-0.25, -0.2) is 0 Å². The van der Waals surface area contributed by atoms with Crippen molar-refractivity contribution in [2.45, 2.75) is 39.7 Å². The Labute approximate surface area is 170 Å². The average Bonchev–Trinajstić information content (AvgIpc) is 3.34. The number of hydrogen-bond donors (Lipinski definition) is 1. The van der Waals surface area contributed by atoms with Crippen LogP contribution in [-0.2, 0) is 17.8 Å². The Hall–Kier alpha value is -2.11. The molecule has 148 valence electrons. The Morgan fingerprint density at radius 3 is 3.04 bits per heavy atom. The number of thiophene rings is 1. The molecule has 1 fully saturated rings. The molecule has 1 N–H and O–H groups in total. The highest BCUT2D eigenvalue weighted by Crippen LogP contribution is 2.27. The van der Waals surface area contributed by atoms with Crippen molar-refractivity contribution < 1.29 is 9.21 Å². The van der Waals surface area contributed by atoms with Gasteiger partial charge in [0.05, 0.1) is 12.7 Å². The van der Waals surface area contributed by atoms with Crippen molar-refractivity contribution in [3.8, 4) is 0 Å². The van der Waals surface area contributed by atoms with E-state index in [4.69, 9.17) is 4.42 Å². The molecule has 1 atom stereocenters. The predicted molar refractivity (Wildman–Crippen MR) is 115 cm³/mol. The summed E-state index contributed by atoms with van der Waals surface area (Å²) in [7, 11) is 0. The summed E-state index contributed by atoms with van der Waals surface area (Å²) in [5.74, 6) is 0.611. The molecule has 1 unspecified atom stereocenters. The van der Waals surface area contributed by atoms with Gasteiger partial charge in [-0.3, -0.25) is 9.69 Å². The van der Waals surface area contributed by atoms with Crippen molar-refractivity contribution >= 4 is 28.2 Å². The fourth-order valence-corrected chi connectivity index (χ4v) is 4.85. The Kier molecular flexibility index (Phi) is 5.83. The van der Waals surface area contributed by atoms with Gasteiger partial charge in [-0.1, -0.05) is 18.2 Å². The molecule has 1 aliphatic heterocycles. The molecule has 0 aliphatic carbocycles. The zero-order valence-electron chi connectivity index (χ0n) is 16.7. The molecule has 3 heterocycles. The number of carbonyl (C=O) groups excluding carboxylic acids is 1.